The Labute approximate surface area is 138 Å². The zero-order chi connectivity index (χ0) is 17.1. The van der Waals surface area contributed by atoms with Crippen LogP contribution in [0.5, 0.6) is 5.75 Å². The average molecular weight is 327 g/mol. The van der Waals surface area contributed by atoms with E-state index in [9.17, 15) is 4.79 Å². The number of anilines is 1. The first kappa shape index (κ1) is 15.8. The topological polar surface area (TPSA) is 90.4 Å². The van der Waals surface area contributed by atoms with Crippen molar-refractivity contribution in [2.75, 3.05) is 5.32 Å². The highest BCUT2D eigenvalue weighted by molar-refractivity contribution is 6.02. The van der Waals surface area contributed by atoms with Gasteiger partial charge < -0.3 is 19.1 Å². The molecule has 7 heteroatoms. The summed E-state index contributed by atoms with van der Waals surface area (Å²) in [6, 6.07) is 10.6. The van der Waals surface area contributed by atoms with Crippen LogP contribution in [0, 0.1) is 6.92 Å². The second-order valence-electron chi connectivity index (χ2n) is 5.54. The summed E-state index contributed by atoms with van der Waals surface area (Å²) in [5.41, 5.74) is 0.961. The van der Waals surface area contributed by atoms with Gasteiger partial charge in [0, 0.05) is 17.7 Å². The van der Waals surface area contributed by atoms with Crippen molar-refractivity contribution >= 4 is 11.7 Å². The van der Waals surface area contributed by atoms with Gasteiger partial charge in [-0.05, 0) is 45.0 Å². The van der Waals surface area contributed by atoms with E-state index < -0.39 is 5.91 Å². The summed E-state index contributed by atoms with van der Waals surface area (Å²) < 4.78 is 15.7. The van der Waals surface area contributed by atoms with Gasteiger partial charge in [0.2, 0.25) is 0 Å². The third-order valence-electron chi connectivity index (χ3n) is 3.12. The van der Waals surface area contributed by atoms with Crippen LogP contribution >= 0.6 is 0 Å². The Balaban J connectivity index is 1.71. The molecule has 1 amide bonds. The van der Waals surface area contributed by atoms with E-state index >= 15 is 0 Å². The summed E-state index contributed by atoms with van der Waals surface area (Å²) in [6.45, 7) is 5.67. The van der Waals surface area contributed by atoms with Crippen LogP contribution in [0.4, 0.5) is 5.82 Å². The summed E-state index contributed by atoms with van der Waals surface area (Å²) in [6.07, 6.45) is 0.108. The van der Waals surface area contributed by atoms with E-state index in [2.05, 4.69) is 15.6 Å². The van der Waals surface area contributed by atoms with E-state index in [4.69, 9.17) is 13.8 Å². The standard InChI is InChI=1S/C17H17N3O4/c1-10(2)22-13-6-4-12(5-7-13)15-9-14(19-24-15)17(21)18-16-8-11(3)23-20-16/h4-10H,1-3H3,(H,18,20,21). The smallest absolute Gasteiger partial charge is 0.279 e. The number of hydrogen-bond donors (Lipinski definition) is 1. The fourth-order valence-corrected chi connectivity index (χ4v) is 2.09. The fraction of sp³-hybridized carbons (Fsp3) is 0.235. The number of ether oxygens (including phenoxy) is 1. The third-order valence-corrected chi connectivity index (χ3v) is 3.12. The molecule has 2 heterocycles. The van der Waals surface area contributed by atoms with Crippen LogP contribution in [0.25, 0.3) is 11.3 Å². The monoisotopic (exact) mass is 327 g/mol. The van der Waals surface area contributed by atoms with Crippen molar-refractivity contribution in [3.05, 3.63) is 47.9 Å². The number of rotatable bonds is 5. The first-order chi connectivity index (χ1) is 11.5. The van der Waals surface area contributed by atoms with Gasteiger partial charge in [0.1, 0.15) is 11.5 Å². The van der Waals surface area contributed by atoms with E-state index in [1.54, 1.807) is 19.1 Å². The lowest BCUT2D eigenvalue weighted by atomic mass is 10.1. The number of carbonyl (C=O) groups excluding carboxylic acids is 1. The molecule has 3 rings (SSSR count). The summed E-state index contributed by atoms with van der Waals surface area (Å²) in [5.74, 6) is 1.78. The highest BCUT2D eigenvalue weighted by atomic mass is 16.5. The van der Waals surface area contributed by atoms with E-state index in [0.717, 1.165) is 11.3 Å². The van der Waals surface area contributed by atoms with Crippen LogP contribution in [-0.2, 0) is 0 Å². The van der Waals surface area contributed by atoms with Crippen LogP contribution in [0.15, 0.2) is 45.4 Å². The van der Waals surface area contributed by atoms with E-state index in [1.807, 2.05) is 38.1 Å². The predicted octanol–water partition coefficient (Wildman–Crippen LogP) is 3.68. The zero-order valence-corrected chi connectivity index (χ0v) is 13.6. The molecule has 0 aliphatic carbocycles. The predicted molar refractivity (Wildman–Crippen MR) is 86.9 cm³/mol. The molecule has 0 aliphatic rings. The number of amides is 1. The lowest BCUT2D eigenvalue weighted by Gasteiger charge is -2.09. The summed E-state index contributed by atoms with van der Waals surface area (Å²) in [4.78, 5) is 12.1. The highest BCUT2D eigenvalue weighted by Crippen LogP contribution is 2.24. The number of nitrogens with one attached hydrogen (secondary N) is 1. The van der Waals surface area contributed by atoms with Crippen LogP contribution in [-0.4, -0.2) is 22.3 Å². The van der Waals surface area contributed by atoms with Gasteiger partial charge in [-0.15, -0.1) is 0 Å². The van der Waals surface area contributed by atoms with Crippen LogP contribution in [0.1, 0.15) is 30.1 Å². The van der Waals surface area contributed by atoms with Gasteiger partial charge >= 0.3 is 0 Å². The fourth-order valence-electron chi connectivity index (χ4n) is 2.09. The Hall–Kier alpha value is -3.09. The first-order valence-corrected chi connectivity index (χ1v) is 7.50. The first-order valence-electron chi connectivity index (χ1n) is 7.50. The van der Waals surface area contributed by atoms with Crippen molar-refractivity contribution < 1.29 is 18.6 Å². The molecule has 3 aromatic rings. The van der Waals surface area contributed by atoms with Gasteiger partial charge in [-0.2, -0.15) is 0 Å². The van der Waals surface area contributed by atoms with Gasteiger partial charge in [-0.25, -0.2) is 0 Å². The lowest BCUT2D eigenvalue weighted by Crippen LogP contribution is -2.12. The normalized spacial score (nSPS) is 10.8. The zero-order valence-electron chi connectivity index (χ0n) is 13.6. The third kappa shape index (κ3) is 3.62. The Kier molecular flexibility index (Phi) is 4.33. The largest absolute Gasteiger partial charge is 0.491 e. The summed E-state index contributed by atoms with van der Waals surface area (Å²) >= 11 is 0. The molecule has 1 N–H and O–H groups in total. The SMILES string of the molecule is Cc1cc(NC(=O)c2cc(-c3ccc(OC(C)C)cc3)on2)no1. The number of nitrogens with zero attached hydrogens (tertiary/aromatic N) is 2. The van der Waals surface area contributed by atoms with Gasteiger partial charge in [0.25, 0.3) is 5.91 Å². The second-order valence-corrected chi connectivity index (χ2v) is 5.54. The maximum atomic E-state index is 12.1. The minimum absolute atomic E-state index is 0.108. The van der Waals surface area contributed by atoms with Crippen molar-refractivity contribution in [1.29, 1.82) is 0 Å². The molecule has 24 heavy (non-hydrogen) atoms. The van der Waals surface area contributed by atoms with Crippen molar-refractivity contribution in [2.45, 2.75) is 26.9 Å². The maximum absolute atomic E-state index is 12.1. The molecular weight excluding hydrogens is 310 g/mol. The van der Waals surface area contributed by atoms with E-state index in [0.29, 0.717) is 17.3 Å². The number of carbonyl (C=O) groups is 1. The molecular formula is C17H17N3O4. The molecule has 0 aliphatic heterocycles. The summed E-state index contributed by atoms with van der Waals surface area (Å²) in [5, 5.41) is 10.1. The quantitative estimate of drug-likeness (QED) is 0.769. The van der Waals surface area contributed by atoms with Gasteiger partial charge in [-0.3, -0.25) is 4.79 Å². The maximum Gasteiger partial charge on any atom is 0.279 e. The molecule has 0 radical (unpaired) electrons. The Morgan fingerprint density at radius 2 is 1.88 bits per heavy atom. The highest BCUT2D eigenvalue weighted by Gasteiger charge is 2.15. The van der Waals surface area contributed by atoms with Gasteiger partial charge in [-0.1, -0.05) is 10.3 Å². The number of benzene rings is 1. The van der Waals surface area contributed by atoms with E-state index in [1.165, 1.54) is 0 Å². The molecule has 0 fully saturated rings. The van der Waals surface area contributed by atoms with Crippen molar-refractivity contribution in [1.82, 2.24) is 10.3 Å². The number of hydrogen-bond acceptors (Lipinski definition) is 6. The lowest BCUT2D eigenvalue weighted by molar-refractivity contribution is 0.101. The number of aryl methyl sites for hydroxylation is 1. The Morgan fingerprint density at radius 3 is 2.50 bits per heavy atom. The van der Waals surface area contributed by atoms with Gasteiger partial charge in [0.15, 0.2) is 17.3 Å². The van der Waals surface area contributed by atoms with Crippen molar-refractivity contribution in [2.24, 2.45) is 0 Å². The minimum atomic E-state index is -0.418. The molecule has 0 saturated carbocycles. The Morgan fingerprint density at radius 1 is 1.12 bits per heavy atom. The van der Waals surface area contributed by atoms with Crippen molar-refractivity contribution in [3.63, 3.8) is 0 Å². The molecule has 0 bridgehead atoms. The molecule has 0 atom stereocenters. The molecule has 124 valence electrons. The average Bonchev–Trinajstić information content (AvgIpc) is 3.17. The van der Waals surface area contributed by atoms with Crippen LogP contribution in [0.2, 0.25) is 0 Å². The molecule has 7 nitrogen and oxygen atoms in total. The summed E-state index contributed by atoms with van der Waals surface area (Å²) in [7, 11) is 0. The number of aromatic nitrogens is 2. The molecule has 0 spiro atoms. The van der Waals surface area contributed by atoms with Gasteiger partial charge in [0.05, 0.1) is 6.10 Å². The van der Waals surface area contributed by atoms with Crippen molar-refractivity contribution in [3.8, 4) is 17.1 Å². The Bertz CT molecular complexity index is 834. The molecule has 2 aromatic heterocycles. The van der Waals surface area contributed by atoms with Crippen LogP contribution in [0.3, 0.4) is 0 Å². The molecule has 1 aromatic carbocycles. The second kappa shape index (κ2) is 6.57. The minimum Gasteiger partial charge on any atom is -0.491 e. The molecule has 0 saturated heterocycles. The van der Waals surface area contributed by atoms with E-state index in [-0.39, 0.29) is 11.8 Å². The van der Waals surface area contributed by atoms with Crippen LogP contribution < -0.4 is 10.1 Å². The molecule has 0 unspecified atom stereocenters.